The van der Waals surface area contributed by atoms with Crippen LogP contribution >= 0.6 is 0 Å². The van der Waals surface area contributed by atoms with Gasteiger partial charge >= 0.3 is 6.09 Å². The number of amides is 3. The quantitative estimate of drug-likeness (QED) is 0.700. The first-order valence-electron chi connectivity index (χ1n) is 10.5. The molecule has 158 valence electrons. The fourth-order valence-corrected chi connectivity index (χ4v) is 5.14. The number of hydrogen-bond donors (Lipinski definition) is 0. The van der Waals surface area contributed by atoms with Gasteiger partial charge in [-0.1, -0.05) is 30.4 Å². The maximum atomic E-state index is 13.4. The molecule has 1 spiro atoms. The molecule has 3 fully saturated rings. The molecule has 0 aromatic heterocycles. The van der Waals surface area contributed by atoms with E-state index in [1.165, 1.54) is 0 Å². The fourth-order valence-electron chi connectivity index (χ4n) is 5.14. The molecule has 2 bridgehead atoms. The summed E-state index contributed by atoms with van der Waals surface area (Å²) in [7, 11) is 0. The fraction of sp³-hybridized carbons (Fsp3) is 0.500. The van der Waals surface area contributed by atoms with E-state index < -0.39 is 17.4 Å². The summed E-state index contributed by atoms with van der Waals surface area (Å²) in [6, 6.07) is 9.50. The number of fused-ring (bicyclic) bond motifs is 1. The van der Waals surface area contributed by atoms with Gasteiger partial charge in [-0.2, -0.15) is 0 Å². The molecule has 4 atom stereocenters. The Labute approximate surface area is 175 Å². The zero-order valence-electron chi connectivity index (χ0n) is 16.9. The van der Waals surface area contributed by atoms with Crippen LogP contribution < -0.4 is 4.90 Å². The molecule has 4 heterocycles. The van der Waals surface area contributed by atoms with Gasteiger partial charge in [0.25, 0.3) is 0 Å². The Morgan fingerprint density at radius 2 is 1.83 bits per heavy atom. The third kappa shape index (κ3) is 2.81. The largest absolute Gasteiger partial charge is 0.450 e. The summed E-state index contributed by atoms with van der Waals surface area (Å²) in [4.78, 5) is 43.8. The number of carbonyl (C=O) groups excluding carboxylic acids is 3. The van der Waals surface area contributed by atoms with E-state index in [2.05, 4.69) is 0 Å². The van der Waals surface area contributed by atoms with Gasteiger partial charge in [-0.3, -0.25) is 9.59 Å². The molecule has 0 unspecified atom stereocenters. The van der Waals surface area contributed by atoms with Gasteiger partial charge in [0.2, 0.25) is 11.8 Å². The van der Waals surface area contributed by atoms with Crippen molar-refractivity contribution in [1.29, 1.82) is 0 Å². The van der Waals surface area contributed by atoms with Gasteiger partial charge in [0, 0.05) is 31.9 Å². The summed E-state index contributed by atoms with van der Waals surface area (Å²) in [6.45, 7) is 4.25. The maximum absolute atomic E-state index is 13.4. The number of carbonyl (C=O) groups is 3. The van der Waals surface area contributed by atoms with Crippen LogP contribution in [-0.2, 0) is 19.1 Å². The molecule has 8 heteroatoms. The Kier molecular flexibility index (Phi) is 4.54. The van der Waals surface area contributed by atoms with E-state index in [4.69, 9.17) is 9.47 Å². The Balaban J connectivity index is 1.33. The molecule has 1 aromatic rings. The lowest BCUT2D eigenvalue weighted by atomic mass is 9.76. The van der Waals surface area contributed by atoms with Gasteiger partial charge in [0.15, 0.2) is 0 Å². The Morgan fingerprint density at radius 3 is 2.53 bits per heavy atom. The summed E-state index contributed by atoms with van der Waals surface area (Å²) in [5, 5.41) is 0. The van der Waals surface area contributed by atoms with E-state index in [-0.39, 0.29) is 24.0 Å². The van der Waals surface area contributed by atoms with Crippen molar-refractivity contribution in [2.75, 3.05) is 44.2 Å². The van der Waals surface area contributed by atoms with Crippen LogP contribution in [-0.4, -0.2) is 78.7 Å². The predicted octanol–water partition coefficient (Wildman–Crippen LogP) is 1.27. The van der Waals surface area contributed by atoms with Crippen LogP contribution in [0, 0.1) is 11.8 Å². The van der Waals surface area contributed by atoms with Gasteiger partial charge in [0.1, 0.15) is 5.60 Å². The molecule has 0 saturated carbocycles. The van der Waals surface area contributed by atoms with E-state index >= 15 is 0 Å². The molecule has 0 aliphatic carbocycles. The number of piperazine rings is 1. The third-order valence-electron chi connectivity index (χ3n) is 6.57. The van der Waals surface area contributed by atoms with E-state index in [1.807, 2.05) is 42.5 Å². The van der Waals surface area contributed by atoms with E-state index in [0.29, 0.717) is 39.3 Å². The Morgan fingerprint density at radius 1 is 1.13 bits per heavy atom. The molecule has 1 aromatic carbocycles. The van der Waals surface area contributed by atoms with Gasteiger partial charge in [0.05, 0.1) is 31.1 Å². The van der Waals surface area contributed by atoms with E-state index in [0.717, 1.165) is 5.69 Å². The normalized spacial score (nSPS) is 32.0. The molecule has 30 heavy (non-hydrogen) atoms. The topological polar surface area (TPSA) is 79.4 Å². The number of nitrogens with zero attached hydrogens (tertiary/aromatic N) is 3. The van der Waals surface area contributed by atoms with Crippen LogP contribution in [0.4, 0.5) is 10.5 Å². The van der Waals surface area contributed by atoms with Crippen molar-refractivity contribution in [1.82, 2.24) is 9.80 Å². The minimum atomic E-state index is -0.731. The standard InChI is InChI=1S/C22H25N3O5/c1-2-29-21(28)24-12-10-23(11-13-24)19(26)17-16-8-9-22(30-16)14-25(20(27)18(17)22)15-6-4-3-5-7-15/h3-9,16-18H,2,10-14H2,1H3/t16-,17+,18+,22-/m1/s1. The first-order chi connectivity index (χ1) is 14.5. The Hall–Kier alpha value is -2.87. The monoisotopic (exact) mass is 411 g/mol. The average molecular weight is 411 g/mol. The summed E-state index contributed by atoms with van der Waals surface area (Å²) in [5.41, 5.74) is 0.0889. The van der Waals surface area contributed by atoms with Gasteiger partial charge in [-0.05, 0) is 19.1 Å². The maximum Gasteiger partial charge on any atom is 0.409 e. The lowest BCUT2D eigenvalue weighted by Gasteiger charge is -2.36. The zero-order chi connectivity index (χ0) is 20.9. The minimum absolute atomic E-state index is 0.0587. The number of ether oxygens (including phenoxy) is 2. The second kappa shape index (κ2) is 7.12. The highest BCUT2D eigenvalue weighted by Crippen LogP contribution is 2.53. The van der Waals surface area contributed by atoms with Crippen LogP contribution in [0.2, 0.25) is 0 Å². The smallest absolute Gasteiger partial charge is 0.409 e. The van der Waals surface area contributed by atoms with Crippen molar-refractivity contribution < 1.29 is 23.9 Å². The highest BCUT2D eigenvalue weighted by Gasteiger charge is 2.67. The molecule has 8 nitrogen and oxygen atoms in total. The van der Waals surface area contributed by atoms with Crippen LogP contribution in [0.15, 0.2) is 42.5 Å². The first-order valence-corrected chi connectivity index (χ1v) is 10.5. The van der Waals surface area contributed by atoms with E-state index in [9.17, 15) is 14.4 Å². The lowest BCUT2D eigenvalue weighted by molar-refractivity contribution is -0.141. The Bertz CT molecular complexity index is 895. The highest BCUT2D eigenvalue weighted by atomic mass is 16.6. The summed E-state index contributed by atoms with van der Waals surface area (Å²) >= 11 is 0. The van der Waals surface area contributed by atoms with Crippen molar-refractivity contribution in [2.45, 2.75) is 18.6 Å². The van der Waals surface area contributed by atoms with Crippen molar-refractivity contribution in [3.63, 3.8) is 0 Å². The van der Waals surface area contributed by atoms with Crippen molar-refractivity contribution in [3.05, 3.63) is 42.5 Å². The zero-order valence-corrected chi connectivity index (χ0v) is 16.9. The second-order valence-corrected chi connectivity index (χ2v) is 8.17. The summed E-state index contributed by atoms with van der Waals surface area (Å²) in [6.07, 6.45) is 3.17. The van der Waals surface area contributed by atoms with Gasteiger partial charge in [-0.25, -0.2) is 4.79 Å². The number of hydrogen-bond acceptors (Lipinski definition) is 5. The van der Waals surface area contributed by atoms with E-state index in [1.54, 1.807) is 21.6 Å². The molecular formula is C22H25N3O5. The molecular weight excluding hydrogens is 386 g/mol. The summed E-state index contributed by atoms with van der Waals surface area (Å²) < 4.78 is 11.3. The number of rotatable bonds is 3. The molecule has 3 saturated heterocycles. The van der Waals surface area contributed by atoms with Crippen molar-refractivity contribution in [3.8, 4) is 0 Å². The van der Waals surface area contributed by atoms with Crippen LogP contribution in [0.3, 0.4) is 0 Å². The lowest BCUT2D eigenvalue weighted by Crippen LogP contribution is -2.54. The minimum Gasteiger partial charge on any atom is -0.450 e. The SMILES string of the molecule is CCOC(=O)N1CCN(C(=O)[C@@H]2[C@H]3C(=O)N(c4ccccc4)C[C@]34C=C[C@H]2O4)CC1. The number of para-hydroxylation sites is 1. The molecule has 4 aliphatic heterocycles. The molecule has 3 amide bonds. The van der Waals surface area contributed by atoms with Crippen LogP contribution in [0.25, 0.3) is 0 Å². The van der Waals surface area contributed by atoms with Crippen LogP contribution in [0.1, 0.15) is 6.92 Å². The predicted molar refractivity (Wildman–Crippen MR) is 108 cm³/mol. The first kappa shape index (κ1) is 19.1. The third-order valence-corrected chi connectivity index (χ3v) is 6.57. The molecule has 0 radical (unpaired) electrons. The second-order valence-electron chi connectivity index (χ2n) is 8.17. The van der Waals surface area contributed by atoms with Gasteiger partial charge in [-0.15, -0.1) is 0 Å². The molecule has 0 N–H and O–H groups in total. The van der Waals surface area contributed by atoms with Crippen molar-refractivity contribution >= 4 is 23.6 Å². The van der Waals surface area contributed by atoms with Crippen LogP contribution in [0.5, 0.6) is 0 Å². The molecule has 5 rings (SSSR count). The number of benzene rings is 1. The van der Waals surface area contributed by atoms with Crippen molar-refractivity contribution in [2.24, 2.45) is 11.8 Å². The highest BCUT2D eigenvalue weighted by molar-refractivity contribution is 6.03. The molecule has 4 aliphatic rings. The average Bonchev–Trinajstić information content (AvgIpc) is 3.42. The number of anilines is 1. The van der Waals surface area contributed by atoms with Gasteiger partial charge < -0.3 is 24.2 Å². The summed E-state index contributed by atoms with van der Waals surface area (Å²) in [5.74, 6) is -1.16.